The maximum Gasteiger partial charge on any atom is 0.162 e. The summed E-state index contributed by atoms with van der Waals surface area (Å²) in [5, 5.41) is 14.1. The molecule has 2 N–H and O–H groups in total. The van der Waals surface area contributed by atoms with E-state index in [1.807, 2.05) is 55.6 Å². The zero-order chi connectivity index (χ0) is 15.6. The summed E-state index contributed by atoms with van der Waals surface area (Å²) in [4.78, 5) is 0. The molecule has 0 spiro atoms. The second-order valence-corrected chi connectivity index (χ2v) is 5.66. The summed E-state index contributed by atoms with van der Waals surface area (Å²) < 4.78 is 11.5. The molecule has 2 atom stereocenters. The molecule has 0 radical (unpaired) electrons. The topological polar surface area (TPSA) is 50.7 Å². The van der Waals surface area contributed by atoms with Crippen molar-refractivity contribution in [3.05, 3.63) is 59.7 Å². The molecule has 0 saturated heterocycles. The van der Waals surface area contributed by atoms with E-state index < -0.39 is 11.7 Å². The van der Waals surface area contributed by atoms with E-state index in [4.69, 9.17) is 9.47 Å². The number of benzene rings is 2. The van der Waals surface area contributed by atoms with Gasteiger partial charge in [0.2, 0.25) is 0 Å². The number of hydrogen-bond donors (Lipinski definition) is 2. The maximum atomic E-state index is 11.1. The van der Waals surface area contributed by atoms with Crippen LogP contribution in [0.25, 0.3) is 0 Å². The van der Waals surface area contributed by atoms with Crippen LogP contribution in [0.3, 0.4) is 0 Å². The van der Waals surface area contributed by atoms with Gasteiger partial charge < -0.3 is 19.9 Å². The second-order valence-electron chi connectivity index (χ2n) is 5.66. The lowest BCUT2D eigenvalue weighted by atomic mass is 9.97. The van der Waals surface area contributed by atoms with Gasteiger partial charge in [-0.2, -0.15) is 0 Å². The van der Waals surface area contributed by atoms with Gasteiger partial charge in [0.15, 0.2) is 17.6 Å². The summed E-state index contributed by atoms with van der Waals surface area (Å²) in [5.41, 5.74) is 1.19. The summed E-state index contributed by atoms with van der Waals surface area (Å²) in [5.74, 6) is 1.31. The van der Waals surface area contributed by atoms with Crippen LogP contribution in [0.2, 0.25) is 0 Å². The van der Waals surface area contributed by atoms with Crippen molar-refractivity contribution in [3.8, 4) is 11.5 Å². The number of methoxy groups -OCH3 is 1. The Bertz CT molecular complexity index is 658. The van der Waals surface area contributed by atoms with Crippen LogP contribution >= 0.6 is 0 Å². The molecule has 0 heterocycles. The molecular weight excluding hydrogens is 278 g/mol. The van der Waals surface area contributed by atoms with Crippen LogP contribution in [0.4, 0.5) is 0 Å². The van der Waals surface area contributed by atoms with E-state index in [1.54, 1.807) is 7.11 Å². The average Bonchev–Trinajstić information content (AvgIpc) is 2.80. The van der Waals surface area contributed by atoms with Crippen LogP contribution in [-0.2, 0) is 6.42 Å². The molecule has 2 aromatic rings. The van der Waals surface area contributed by atoms with E-state index in [0.29, 0.717) is 24.5 Å². The van der Waals surface area contributed by atoms with Crippen molar-refractivity contribution in [2.75, 3.05) is 20.7 Å². The van der Waals surface area contributed by atoms with Crippen molar-refractivity contribution in [3.63, 3.8) is 0 Å². The summed E-state index contributed by atoms with van der Waals surface area (Å²) in [6.45, 7) is 0.460. The van der Waals surface area contributed by atoms with Crippen LogP contribution in [0, 0.1) is 0 Å². The van der Waals surface area contributed by atoms with E-state index in [-0.39, 0.29) is 0 Å². The van der Waals surface area contributed by atoms with Gasteiger partial charge in [0, 0.05) is 13.0 Å². The third-order valence-corrected chi connectivity index (χ3v) is 4.12. The van der Waals surface area contributed by atoms with Gasteiger partial charge >= 0.3 is 0 Å². The number of fused-ring (bicyclic) bond motifs is 1. The Kier molecular flexibility index (Phi) is 4.05. The summed E-state index contributed by atoms with van der Waals surface area (Å²) >= 11 is 0. The van der Waals surface area contributed by atoms with E-state index in [0.717, 1.165) is 11.1 Å². The van der Waals surface area contributed by atoms with Gasteiger partial charge in [0.1, 0.15) is 5.60 Å². The van der Waals surface area contributed by atoms with Crippen molar-refractivity contribution in [1.82, 2.24) is 5.32 Å². The standard InChI is InChI=1S/C18H21NO3/c1-19-12-18(20)11-13-7-3-4-8-14(13)17(18)22-16-10-6-5-9-15(16)21-2/h3-10,17,19-20H,11-12H2,1-2H3. The van der Waals surface area contributed by atoms with E-state index >= 15 is 0 Å². The predicted octanol–water partition coefficient (Wildman–Crippen LogP) is 2.32. The van der Waals surface area contributed by atoms with Crippen LogP contribution in [-0.4, -0.2) is 31.4 Å². The lowest BCUT2D eigenvalue weighted by Crippen LogP contribution is -2.45. The maximum absolute atomic E-state index is 11.1. The second kappa shape index (κ2) is 5.99. The number of hydrogen-bond acceptors (Lipinski definition) is 4. The molecule has 0 fully saturated rings. The van der Waals surface area contributed by atoms with Gasteiger partial charge in [-0.25, -0.2) is 0 Å². The fourth-order valence-corrected chi connectivity index (χ4v) is 3.14. The number of nitrogens with one attached hydrogen (secondary N) is 1. The first-order valence-corrected chi connectivity index (χ1v) is 7.42. The van der Waals surface area contributed by atoms with E-state index in [2.05, 4.69) is 5.32 Å². The Morgan fingerprint density at radius 2 is 1.82 bits per heavy atom. The van der Waals surface area contributed by atoms with Crippen LogP contribution in [0.15, 0.2) is 48.5 Å². The number of aliphatic hydroxyl groups is 1. The average molecular weight is 299 g/mol. The largest absolute Gasteiger partial charge is 0.493 e. The number of ether oxygens (including phenoxy) is 2. The summed E-state index contributed by atoms with van der Waals surface area (Å²) in [6.07, 6.45) is 0.150. The first kappa shape index (κ1) is 14.9. The van der Waals surface area contributed by atoms with E-state index in [1.165, 1.54) is 0 Å². The van der Waals surface area contributed by atoms with Crippen molar-refractivity contribution >= 4 is 0 Å². The molecule has 0 aromatic heterocycles. The predicted molar refractivity (Wildman–Crippen MR) is 85.4 cm³/mol. The van der Waals surface area contributed by atoms with Crippen molar-refractivity contribution in [1.29, 1.82) is 0 Å². The quantitative estimate of drug-likeness (QED) is 0.889. The highest BCUT2D eigenvalue weighted by Gasteiger charge is 2.46. The molecule has 4 heteroatoms. The fraction of sp³-hybridized carbons (Fsp3) is 0.333. The Morgan fingerprint density at radius 1 is 1.14 bits per heavy atom. The zero-order valence-electron chi connectivity index (χ0n) is 12.9. The highest BCUT2D eigenvalue weighted by molar-refractivity contribution is 5.43. The Balaban J connectivity index is 1.98. The molecule has 0 saturated carbocycles. The molecule has 22 heavy (non-hydrogen) atoms. The van der Waals surface area contributed by atoms with Gasteiger partial charge in [-0.05, 0) is 30.3 Å². The molecule has 2 aromatic carbocycles. The number of rotatable bonds is 5. The van der Waals surface area contributed by atoms with Crippen molar-refractivity contribution < 1.29 is 14.6 Å². The van der Waals surface area contributed by atoms with Gasteiger partial charge in [0.05, 0.1) is 7.11 Å². The highest BCUT2D eigenvalue weighted by atomic mass is 16.5. The lowest BCUT2D eigenvalue weighted by Gasteiger charge is -2.31. The van der Waals surface area contributed by atoms with Gasteiger partial charge in [-0.3, -0.25) is 0 Å². The van der Waals surface area contributed by atoms with Gasteiger partial charge in [0.25, 0.3) is 0 Å². The Morgan fingerprint density at radius 3 is 2.55 bits per heavy atom. The molecule has 2 unspecified atom stereocenters. The Hall–Kier alpha value is -2.04. The number of likely N-dealkylation sites (N-methyl/N-ethyl adjacent to an activating group) is 1. The summed E-state index contributed by atoms with van der Waals surface area (Å²) in [6, 6.07) is 15.5. The Labute approximate surface area is 130 Å². The lowest BCUT2D eigenvalue weighted by molar-refractivity contribution is -0.0491. The minimum Gasteiger partial charge on any atom is -0.493 e. The van der Waals surface area contributed by atoms with Crippen LogP contribution < -0.4 is 14.8 Å². The number of para-hydroxylation sites is 2. The highest BCUT2D eigenvalue weighted by Crippen LogP contribution is 2.43. The molecule has 116 valence electrons. The normalized spacial score (nSPS) is 23.1. The smallest absolute Gasteiger partial charge is 0.162 e. The molecule has 1 aliphatic carbocycles. The zero-order valence-corrected chi connectivity index (χ0v) is 12.9. The minimum absolute atomic E-state index is 0.424. The third-order valence-electron chi connectivity index (χ3n) is 4.12. The minimum atomic E-state index is -0.973. The van der Waals surface area contributed by atoms with Crippen LogP contribution in [0.1, 0.15) is 17.2 Å². The summed E-state index contributed by atoms with van der Waals surface area (Å²) in [7, 11) is 3.45. The van der Waals surface area contributed by atoms with Crippen molar-refractivity contribution in [2.45, 2.75) is 18.1 Å². The first-order chi connectivity index (χ1) is 10.7. The molecule has 0 bridgehead atoms. The SMILES string of the molecule is CNCC1(O)Cc2ccccc2C1Oc1ccccc1OC. The van der Waals surface area contributed by atoms with Crippen LogP contribution in [0.5, 0.6) is 11.5 Å². The molecule has 4 nitrogen and oxygen atoms in total. The van der Waals surface area contributed by atoms with Crippen molar-refractivity contribution in [2.24, 2.45) is 0 Å². The molecule has 3 rings (SSSR count). The third kappa shape index (κ3) is 2.56. The van der Waals surface area contributed by atoms with Gasteiger partial charge in [-0.1, -0.05) is 36.4 Å². The molecule has 1 aliphatic rings. The first-order valence-electron chi connectivity index (χ1n) is 7.42. The van der Waals surface area contributed by atoms with Gasteiger partial charge in [-0.15, -0.1) is 0 Å². The monoisotopic (exact) mass is 299 g/mol. The molecular formula is C18H21NO3. The molecule has 0 aliphatic heterocycles. The molecule has 0 amide bonds. The fourth-order valence-electron chi connectivity index (χ4n) is 3.14. The van der Waals surface area contributed by atoms with E-state index in [9.17, 15) is 5.11 Å².